The fraction of sp³-hybridized carbons (Fsp3) is 0.610. The molecule has 1 saturated carbocycles. The third-order valence-corrected chi connectivity index (χ3v) is 11.9. The molecule has 13 heteroatoms. The van der Waals surface area contributed by atoms with E-state index in [1.54, 1.807) is 63.8 Å². The summed E-state index contributed by atoms with van der Waals surface area (Å²) in [5.74, 6) is -0.0385. The summed E-state index contributed by atoms with van der Waals surface area (Å²) >= 11 is 1.80. The number of hydrogen-bond donors (Lipinski definition) is 1. The summed E-state index contributed by atoms with van der Waals surface area (Å²) in [5.41, 5.74) is 0.907. The third kappa shape index (κ3) is 8.88. The Labute approximate surface area is 323 Å². The van der Waals surface area contributed by atoms with Crippen LogP contribution in [0.1, 0.15) is 122 Å². The number of thiazole rings is 1. The van der Waals surface area contributed by atoms with Crippen molar-refractivity contribution in [3.8, 4) is 0 Å². The summed E-state index contributed by atoms with van der Waals surface area (Å²) < 4.78 is 12.2. The summed E-state index contributed by atoms with van der Waals surface area (Å²) in [6, 6.07) is 8.31. The van der Waals surface area contributed by atoms with E-state index in [-0.39, 0.29) is 23.5 Å². The molecule has 4 amide bonds. The van der Waals surface area contributed by atoms with Crippen LogP contribution in [0.4, 0.5) is 21.1 Å². The molecule has 12 nitrogen and oxygen atoms in total. The van der Waals surface area contributed by atoms with Crippen LogP contribution in [0.25, 0.3) is 10.2 Å². The van der Waals surface area contributed by atoms with Gasteiger partial charge in [-0.05, 0) is 128 Å². The van der Waals surface area contributed by atoms with E-state index in [4.69, 9.17) is 14.5 Å². The van der Waals surface area contributed by atoms with Gasteiger partial charge in [0, 0.05) is 25.0 Å². The monoisotopic (exact) mass is 760 g/mol. The van der Waals surface area contributed by atoms with E-state index in [0.717, 1.165) is 46.5 Å². The van der Waals surface area contributed by atoms with Crippen molar-refractivity contribution >= 4 is 57.1 Å². The Kier molecular flexibility index (Phi) is 11.4. The first-order valence-electron chi connectivity index (χ1n) is 19.4. The van der Waals surface area contributed by atoms with Crippen LogP contribution >= 0.6 is 11.3 Å². The lowest BCUT2D eigenvalue weighted by molar-refractivity contribution is -0.146. The largest absolute Gasteiger partial charge is 0.443 e. The van der Waals surface area contributed by atoms with Gasteiger partial charge >= 0.3 is 24.0 Å². The van der Waals surface area contributed by atoms with E-state index < -0.39 is 35.2 Å². The molecule has 4 aliphatic rings. The molecule has 3 aromatic rings. The van der Waals surface area contributed by atoms with Crippen LogP contribution in [0.2, 0.25) is 0 Å². The second kappa shape index (κ2) is 15.6. The topological polar surface area (TPSA) is 134 Å². The summed E-state index contributed by atoms with van der Waals surface area (Å²) in [7, 11) is 2.26. The molecule has 5 heterocycles. The van der Waals surface area contributed by atoms with Crippen LogP contribution in [0.5, 0.6) is 0 Å². The first kappa shape index (κ1) is 39.6. The highest BCUT2D eigenvalue weighted by Crippen LogP contribution is 2.45. The van der Waals surface area contributed by atoms with Crippen LogP contribution in [0.15, 0.2) is 30.5 Å². The zero-order valence-electron chi connectivity index (χ0n) is 33.2. The minimum atomic E-state index is -0.937. The Morgan fingerprint density at radius 2 is 1.67 bits per heavy atom. The first-order valence-corrected chi connectivity index (χ1v) is 20.2. The fourth-order valence-corrected chi connectivity index (χ4v) is 9.28. The second-order valence-corrected chi connectivity index (χ2v) is 18.4. The number of anilines is 2. The van der Waals surface area contributed by atoms with E-state index in [1.807, 2.05) is 6.92 Å². The van der Waals surface area contributed by atoms with Gasteiger partial charge in [-0.1, -0.05) is 26.3 Å². The van der Waals surface area contributed by atoms with E-state index in [1.165, 1.54) is 30.5 Å². The molecular weight excluding hydrogens is 705 g/mol. The fourth-order valence-electron chi connectivity index (χ4n) is 8.12. The lowest BCUT2D eigenvalue weighted by atomic mass is 9.83. The molecule has 1 aromatic carbocycles. The number of nitrogens with one attached hydrogen (secondary N) is 1. The number of aryl methyl sites for hydroxylation is 1. The summed E-state index contributed by atoms with van der Waals surface area (Å²) in [6.45, 7) is 15.7. The van der Waals surface area contributed by atoms with Crippen LogP contribution in [0, 0.1) is 11.8 Å². The minimum absolute atomic E-state index is 0.0229. The second-order valence-electron chi connectivity index (χ2n) is 17.4. The quantitative estimate of drug-likeness (QED) is 0.254. The van der Waals surface area contributed by atoms with Gasteiger partial charge in [-0.15, -0.1) is 11.3 Å². The van der Waals surface area contributed by atoms with Gasteiger partial charge in [0.25, 0.3) is 0 Å². The van der Waals surface area contributed by atoms with Gasteiger partial charge in [0.15, 0.2) is 5.82 Å². The molecular formula is C41H56N6O6S. The number of fused-ring (bicyclic) bond motifs is 5. The van der Waals surface area contributed by atoms with Gasteiger partial charge in [-0.3, -0.25) is 9.59 Å². The van der Waals surface area contributed by atoms with Gasteiger partial charge < -0.3 is 24.6 Å². The molecule has 4 unspecified atom stereocenters. The van der Waals surface area contributed by atoms with E-state index in [0.29, 0.717) is 36.4 Å². The number of aromatic nitrogens is 2. The molecule has 54 heavy (non-hydrogen) atoms. The molecule has 3 aliphatic heterocycles. The number of nitrogens with zero attached hydrogens (tertiary/aromatic N) is 5. The maximum absolute atomic E-state index is 14.0. The number of ether oxygens (including phenoxy) is 2. The smallest absolute Gasteiger partial charge is 0.425 e. The van der Waals surface area contributed by atoms with Crippen molar-refractivity contribution in [2.24, 2.45) is 11.8 Å². The molecule has 0 radical (unpaired) electrons. The Morgan fingerprint density at radius 1 is 0.963 bits per heavy atom. The van der Waals surface area contributed by atoms with E-state index in [2.05, 4.69) is 47.4 Å². The number of carbonyl (C=O) groups excluding carboxylic acids is 4. The normalized spacial score (nSPS) is 23.5. The lowest BCUT2D eigenvalue weighted by Crippen LogP contribution is -2.46. The Hall–Kier alpha value is -4.10. The molecule has 292 valence electrons. The van der Waals surface area contributed by atoms with Crippen molar-refractivity contribution in [1.29, 1.82) is 0 Å². The number of amides is 4. The van der Waals surface area contributed by atoms with Crippen molar-refractivity contribution in [1.82, 2.24) is 19.8 Å². The highest BCUT2D eigenvalue weighted by molar-refractivity contribution is 7.18. The Morgan fingerprint density at radius 3 is 2.33 bits per heavy atom. The van der Waals surface area contributed by atoms with Crippen molar-refractivity contribution in [3.05, 3.63) is 46.6 Å². The van der Waals surface area contributed by atoms with Gasteiger partial charge in [-0.25, -0.2) is 19.6 Å². The van der Waals surface area contributed by atoms with Gasteiger partial charge in [-0.2, -0.15) is 4.90 Å². The van der Waals surface area contributed by atoms with Crippen molar-refractivity contribution in [3.63, 3.8) is 0 Å². The van der Waals surface area contributed by atoms with Crippen LogP contribution in [-0.2, 0) is 25.5 Å². The van der Waals surface area contributed by atoms with E-state index in [9.17, 15) is 19.2 Å². The highest BCUT2D eigenvalue weighted by atomic mass is 32.1. The maximum atomic E-state index is 14.0. The third-order valence-electron chi connectivity index (χ3n) is 10.7. The number of carbonyl (C=O) groups is 4. The molecule has 7 rings (SSSR count). The molecule has 1 aliphatic carbocycles. The number of imide groups is 1. The SMILES string of the molecule is CCc1cc(NC(=O)C(=O)N2C[C@@H](C)CCC2c2ccc3sc(C4CC5CCCC4CN5C)nc3c2)cnc1N(C(=O)OC(C)(C)C)C(=O)OC(C)(C)C. The van der Waals surface area contributed by atoms with Crippen LogP contribution < -0.4 is 10.2 Å². The predicted octanol–water partition coefficient (Wildman–Crippen LogP) is 8.46. The summed E-state index contributed by atoms with van der Waals surface area (Å²) in [6.07, 6.45) is 6.44. The van der Waals surface area contributed by atoms with Crippen molar-refractivity contribution in [2.75, 3.05) is 30.4 Å². The highest BCUT2D eigenvalue weighted by Gasteiger charge is 2.40. The van der Waals surface area contributed by atoms with Gasteiger partial charge in [0.2, 0.25) is 0 Å². The van der Waals surface area contributed by atoms with Crippen molar-refractivity contribution in [2.45, 2.75) is 130 Å². The van der Waals surface area contributed by atoms with Gasteiger partial charge in [0.05, 0.1) is 33.2 Å². The number of pyridine rings is 1. The number of rotatable bonds is 5. The molecule has 0 spiro atoms. The van der Waals surface area contributed by atoms with Crippen LogP contribution in [0.3, 0.4) is 0 Å². The molecule has 5 atom stereocenters. The summed E-state index contributed by atoms with van der Waals surface area (Å²) in [4.78, 5) is 68.8. The van der Waals surface area contributed by atoms with Gasteiger partial charge in [0.1, 0.15) is 11.2 Å². The van der Waals surface area contributed by atoms with Crippen LogP contribution in [-0.4, -0.2) is 81.1 Å². The zero-order valence-corrected chi connectivity index (χ0v) is 34.0. The maximum Gasteiger partial charge on any atom is 0.425 e. The molecule has 3 saturated heterocycles. The average Bonchev–Trinajstić information content (AvgIpc) is 3.28. The number of benzene rings is 1. The average molecular weight is 761 g/mol. The number of likely N-dealkylation sites (tertiary alicyclic amines) is 1. The minimum Gasteiger partial charge on any atom is -0.443 e. The van der Waals surface area contributed by atoms with E-state index >= 15 is 0 Å². The predicted molar refractivity (Wildman–Crippen MR) is 211 cm³/mol. The summed E-state index contributed by atoms with van der Waals surface area (Å²) in [5, 5.41) is 3.96. The standard InChI is InChI=1S/C41H56N6O6S/c1-10-25-18-28(21-42-34(25)47(38(50)52-40(3,4)5)39(51)53-41(6,7)8)43-35(48)37(49)46-22-24(2)14-16-32(46)26-15-17-33-31(19-26)44-36(54-33)30-20-29-13-11-12-27(30)23-45(29)9/h15,17-19,21,24,27,29-30,32H,10-14,16,20,22-23H2,1-9H3,(H,43,48)/t24-,27?,29?,30?,32?/m0/s1. The lowest BCUT2D eigenvalue weighted by Gasteiger charge is -2.38. The number of piperidine rings is 2. The van der Waals surface area contributed by atoms with Crippen molar-refractivity contribution < 1.29 is 28.7 Å². The Bertz CT molecular complexity index is 1870. The number of hydrogen-bond acceptors (Lipinski definition) is 10. The molecule has 2 aromatic heterocycles. The molecule has 2 bridgehead atoms. The molecule has 4 fully saturated rings. The Balaban J connectivity index is 1.21. The first-order chi connectivity index (χ1) is 25.4. The zero-order chi connectivity index (χ0) is 39.1. The molecule has 1 N–H and O–H groups in total.